The maximum atomic E-state index is 6.12. The fourth-order valence-electron chi connectivity index (χ4n) is 0.930. The van der Waals surface area contributed by atoms with E-state index in [4.69, 9.17) is 67.0 Å². The highest BCUT2D eigenvalue weighted by Gasteiger charge is 2.41. The van der Waals surface area contributed by atoms with Crippen molar-refractivity contribution in [3.63, 3.8) is 0 Å². The summed E-state index contributed by atoms with van der Waals surface area (Å²) < 4.78 is 0. The Balaban J connectivity index is 4.08. The molecule has 0 saturated carbocycles. The zero-order valence-corrected chi connectivity index (χ0v) is 13.5. The molecule has 0 radical (unpaired) electrons. The molecular weight excluding hydrogens is 329 g/mol. The van der Waals surface area contributed by atoms with Crippen molar-refractivity contribution in [2.45, 2.75) is 18.6 Å². The third kappa shape index (κ3) is 9.12. The lowest BCUT2D eigenvalue weighted by molar-refractivity contribution is 0.736. The number of alkyl halides is 1. The van der Waals surface area contributed by atoms with Crippen molar-refractivity contribution in [1.29, 1.82) is 0 Å². The molecular formula is C5H10Cl6Si2. The summed E-state index contributed by atoms with van der Waals surface area (Å²) in [5, 5.41) is 0. The predicted molar refractivity (Wildman–Crippen MR) is 70.3 cm³/mol. The zero-order valence-electron chi connectivity index (χ0n) is 6.97. The maximum absolute atomic E-state index is 6.12. The maximum Gasteiger partial charge on any atom is 0.341 e. The van der Waals surface area contributed by atoms with Gasteiger partial charge in [-0.15, -0.1) is 67.0 Å². The van der Waals surface area contributed by atoms with Gasteiger partial charge >= 0.3 is 6.00 Å². The van der Waals surface area contributed by atoms with Crippen molar-refractivity contribution >= 4 is 79.7 Å². The van der Waals surface area contributed by atoms with Gasteiger partial charge in [-0.2, -0.15) is 0 Å². The molecule has 0 saturated heterocycles. The van der Waals surface area contributed by atoms with Gasteiger partial charge in [-0.25, -0.2) is 0 Å². The Labute approximate surface area is 109 Å². The van der Waals surface area contributed by atoms with Gasteiger partial charge in [-0.05, 0) is 12.0 Å². The molecule has 0 aromatic carbocycles. The second-order valence-corrected chi connectivity index (χ2v) is 20.7. The van der Waals surface area contributed by atoms with Crippen LogP contribution in [0.1, 0.15) is 6.92 Å². The minimum absolute atomic E-state index is 0.282. The molecule has 0 N–H and O–H groups in total. The van der Waals surface area contributed by atoms with Gasteiger partial charge in [0, 0.05) is 11.5 Å². The van der Waals surface area contributed by atoms with Crippen molar-refractivity contribution in [2.75, 3.05) is 5.88 Å². The van der Waals surface area contributed by atoms with Crippen molar-refractivity contribution in [1.82, 2.24) is 0 Å². The van der Waals surface area contributed by atoms with Crippen molar-refractivity contribution < 1.29 is 0 Å². The van der Waals surface area contributed by atoms with Gasteiger partial charge < -0.3 is 0 Å². The van der Waals surface area contributed by atoms with Crippen LogP contribution in [0.15, 0.2) is 0 Å². The molecule has 1 unspecified atom stereocenters. The van der Waals surface area contributed by atoms with Crippen LogP contribution < -0.4 is 0 Å². The first kappa shape index (κ1) is 15.2. The van der Waals surface area contributed by atoms with Crippen molar-refractivity contribution in [3.8, 4) is 0 Å². The van der Waals surface area contributed by atoms with Crippen LogP contribution in [0.3, 0.4) is 0 Å². The highest BCUT2D eigenvalue weighted by atomic mass is 35.8. The van der Waals surface area contributed by atoms with Gasteiger partial charge in [0.05, 0.1) is 0 Å². The molecule has 0 amide bonds. The topological polar surface area (TPSA) is 0 Å². The van der Waals surface area contributed by atoms with Crippen LogP contribution in [0, 0.1) is 5.92 Å². The Morgan fingerprint density at radius 2 is 1.54 bits per heavy atom. The number of hydrogen-bond acceptors (Lipinski definition) is 0. The molecule has 1 atom stereocenters. The first-order chi connectivity index (χ1) is 5.66. The fraction of sp³-hybridized carbons (Fsp3) is 1.00. The van der Waals surface area contributed by atoms with Gasteiger partial charge in [0.1, 0.15) is 0 Å². The Bertz CT molecular complexity index is 156. The summed E-state index contributed by atoms with van der Waals surface area (Å²) in [5.74, 6) is 0.819. The molecule has 0 nitrogen and oxygen atoms in total. The standard InChI is InChI=1S/C5H10Cl6Si2/c1-5(2-6)3-12(7,8)4-13(9,10)11/h5H,2-4H2,1H3. The van der Waals surface area contributed by atoms with E-state index in [0.29, 0.717) is 17.6 Å². The van der Waals surface area contributed by atoms with E-state index in [2.05, 4.69) is 0 Å². The Morgan fingerprint density at radius 3 is 1.85 bits per heavy atom. The van der Waals surface area contributed by atoms with Gasteiger partial charge in [-0.1, -0.05) is 6.92 Å². The normalized spacial score (nSPS) is 15.9. The highest BCUT2D eigenvalue weighted by molar-refractivity contribution is 7.69. The second-order valence-electron chi connectivity index (χ2n) is 3.11. The molecule has 0 bridgehead atoms. The van der Waals surface area contributed by atoms with Gasteiger partial charge in [0.2, 0.25) is 0 Å². The number of halogens is 6. The quantitative estimate of drug-likeness (QED) is 0.377. The third-order valence-corrected chi connectivity index (χ3v) is 13.8. The summed E-state index contributed by atoms with van der Waals surface area (Å²) in [7, 11) is 0. The van der Waals surface area contributed by atoms with E-state index in [0.717, 1.165) is 0 Å². The van der Waals surface area contributed by atoms with Gasteiger partial charge in [0.15, 0.2) is 0 Å². The second kappa shape index (κ2) is 6.04. The van der Waals surface area contributed by atoms with Crippen molar-refractivity contribution in [2.24, 2.45) is 5.92 Å². The average molecular weight is 339 g/mol. The fourth-order valence-corrected chi connectivity index (χ4v) is 20.4. The molecule has 0 spiro atoms. The molecule has 80 valence electrons. The predicted octanol–water partition coefficient (Wildman–Crippen LogP) is 4.98. The van der Waals surface area contributed by atoms with Crippen LogP contribution in [0.25, 0.3) is 0 Å². The molecule has 0 aromatic heterocycles. The van der Waals surface area contributed by atoms with E-state index in [1.54, 1.807) is 0 Å². The summed E-state index contributed by atoms with van der Waals surface area (Å²) in [5.41, 5.74) is 0.370. The Morgan fingerprint density at radius 1 is 1.08 bits per heavy atom. The molecule has 13 heavy (non-hydrogen) atoms. The van der Waals surface area contributed by atoms with E-state index in [1.165, 1.54) is 0 Å². The molecule has 0 aliphatic carbocycles. The smallest absolute Gasteiger partial charge is 0.146 e. The van der Waals surface area contributed by atoms with E-state index in [-0.39, 0.29) is 5.92 Å². The monoisotopic (exact) mass is 336 g/mol. The van der Waals surface area contributed by atoms with Gasteiger partial charge in [0.25, 0.3) is 6.69 Å². The lowest BCUT2D eigenvalue weighted by atomic mass is 10.3. The molecule has 0 rings (SSSR count). The number of hydrogen-bond donors (Lipinski definition) is 0. The number of rotatable bonds is 5. The average Bonchev–Trinajstić information content (AvgIpc) is 1.80. The Hall–Kier alpha value is 2.17. The van der Waals surface area contributed by atoms with E-state index in [9.17, 15) is 0 Å². The molecule has 0 aromatic rings. The van der Waals surface area contributed by atoms with E-state index in [1.807, 2.05) is 6.92 Å². The minimum Gasteiger partial charge on any atom is -0.146 e. The third-order valence-electron chi connectivity index (χ3n) is 1.37. The molecule has 0 aliphatic heterocycles. The van der Waals surface area contributed by atoms with Crippen LogP contribution >= 0.6 is 67.0 Å². The lowest BCUT2D eigenvalue weighted by Crippen LogP contribution is -2.31. The first-order valence-corrected chi connectivity index (χ1v) is 13.9. The summed E-state index contributed by atoms with van der Waals surface area (Å²) >= 11 is 35.1. The summed E-state index contributed by atoms with van der Waals surface area (Å²) in [4.78, 5) is 0. The van der Waals surface area contributed by atoms with Crippen LogP contribution in [0.4, 0.5) is 0 Å². The van der Waals surface area contributed by atoms with E-state index < -0.39 is 12.7 Å². The van der Waals surface area contributed by atoms with E-state index >= 15 is 0 Å². The largest absolute Gasteiger partial charge is 0.341 e. The zero-order chi connectivity index (χ0) is 10.7. The molecule has 0 aliphatic rings. The van der Waals surface area contributed by atoms with Crippen molar-refractivity contribution in [3.05, 3.63) is 0 Å². The van der Waals surface area contributed by atoms with Crippen LogP contribution in [-0.2, 0) is 0 Å². The molecule has 0 fully saturated rings. The summed E-state index contributed by atoms with van der Waals surface area (Å²) in [6, 6.07) is -2.02. The Kier molecular flexibility index (Phi) is 7.05. The molecule has 0 heterocycles. The van der Waals surface area contributed by atoms with Crippen LogP contribution in [0.5, 0.6) is 0 Å². The molecule has 8 heteroatoms. The SMILES string of the molecule is CC(CCl)C[Si](Cl)(Cl)C[Si](Cl)(Cl)Cl. The lowest BCUT2D eigenvalue weighted by Gasteiger charge is -2.22. The van der Waals surface area contributed by atoms with Crippen LogP contribution in [-0.4, -0.2) is 18.6 Å². The van der Waals surface area contributed by atoms with Gasteiger partial charge in [-0.3, -0.25) is 0 Å². The summed E-state index contributed by atoms with van der Waals surface area (Å²) in [6.45, 7) is -0.411. The first-order valence-electron chi connectivity index (χ1n) is 3.67. The van der Waals surface area contributed by atoms with Crippen LogP contribution in [0.2, 0.25) is 11.7 Å². The summed E-state index contributed by atoms with van der Waals surface area (Å²) in [6.07, 6.45) is 0. The highest BCUT2D eigenvalue weighted by Crippen LogP contribution is 2.38. The minimum atomic E-state index is -2.70.